The highest BCUT2D eigenvalue weighted by molar-refractivity contribution is 5.82. The Balaban J connectivity index is 0.000000858. The van der Waals surface area contributed by atoms with Crippen molar-refractivity contribution < 1.29 is 24.2 Å². The van der Waals surface area contributed by atoms with E-state index in [-0.39, 0.29) is 18.4 Å². The van der Waals surface area contributed by atoms with E-state index in [2.05, 4.69) is 10.2 Å². The molecule has 1 N–H and O–H groups in total. The molecule has 0 saturated heterocycles. The Kier molecular flexibility index (Phi) is 6.86. The number of ether oxygens (including phenoxy) is 2. The lowest BCUT2D eigenvalue weighted by molar-refractivity contribution is -0.137. The van der Waals surface area contributed by atoms with Gasteiger partial charge in [-0.25, -0.2) is 0 Å². The highest BCUT2D eigenvalue weighted by Crippen LogP contribution is 2.30. The first-order valence-corrected chi connectivity index (χ1v) is 9.60. The van der Waals surface area contributed by atoms with E-state index in [0.29, 0.717) is 18.9 Å². The van der Waals surface area contributed by atoms with Crippen molar-refractivity contribution >= 4 is 12.4 Å². The number of carboxylic acid groups (broad SMARTS) is 1. The van der Waals surface area contributed by atoms with Gasteiger partial charge in [-0.05, 0) is 36.8 Å². The number of aromatic nitrogens is 3. The molecule has 4 rings (SSSR count). The van der Waals surface area contributed by atoms with Gasteiger partial charge in [-0.2, -0.15) is 0 Å². The highest BCUT2D eigenvalue weighted by Gasteiger charge is 2.33. The average Bonchev–Trinajstić information content (AvgIpc) is 3.22. The number of hydrogen-bond donors (Lipinski definition) is 1. The number of carbonyl (C=O) groups excluding carboxylic acids is 1. The summed E-state index contributed by atoms with van der Waals surface area (Å²) in [7, 11) is 3.26. The number of carbonyl (C=O) groups is 2. The first-order valence-electron chi connectivity index (χ1n) is 9.60. The average molecular weight is 424 g/mol. The second-order valence-corrected chi connectivity index (χ2v) is 6.87. The largest absolute Gasteiger partial charge is 0.497 e. The maximum Gasteiger partial charge on any atom is 0.290 e. The van der Waals surface area contributed by atoms with Crippen LogP contribution in [0.2, 0.25) is 0 Å². The molecule has 1 amide bonds. The molecular weight excluding hydrogens is 400 g/mol. The zero-order valence-electron chi connectivity index (χ0n) is 17.6. The van der Waals surface area contributed by atoms with Crippen molar-refractivity contribution in [1.29, 1.82) is 0 Å². The summed E-state index contributed by atoms with van der Waals surface area (Å²) in [5.74, 6) is 3.04. The Labute approximate surface area is 179 Å². The molecule has 162 valence electrons. The quantitative estimate of drug-likeness (QED) is 0.628. The lowest BCUT2D eigenvalue weighted by Crippen LogP contribution is -2.41. The standard InChI is InChI=1S/C21H22N4O3.CH2O2/c1-14-21(26)24(12-15-7-9-17(27-2)10-8-15)13-19-22-23-20(25(14)19)16-5-4-6-18(11-16)28-3;2-1-3/h4-11,14H,12-13H2,1-3H3;1H,(H,2,3)/t14-;/m0./s1. The Morgan fingerprint density at radius 2 is 1.77 bits per heavy atom. The van der Waals surface area contributed by atoms with E-state index in [1.807, 2.05) is 64.9 Å². The number of benzene rings is 2. The first kappa shape index (κ1) is 21.8. The highest BCUT2D eigenvalue weighted by atomic mass is 16.5. The predicted octanol–water partition coefficient (Wildman–Crippen LogP) is 2.77. The second kappa shape index (κ2) is 9.75. The Bertz CT molecular complexity index is 1050. The van der Waals surface area contributed by atoms with Crippen LogP contribution in [0.15, 0.2) is 48.5 Å². The first-order chi connectivity index (χ1) is 15.0. The third-order valence-electron chi connectivity index (χ3n) is 5.02. The molecule has 3 aromatic rings. The van der Waals surface area contributed by atoms with Crippen LogP contribution in [0, 0.1) is 0 Å². The number of fused-ring (bicyclic) bond motifs is 1. The van der Waals surface area contributed by atoms with Gasteiger partial charge in [0.15, 0.2) is 11.6 Å². The fourth-order valence-electron chi connectivity index (χ4n) is 3.51. The number of hydrogen-bond acceptors (Lipinski definition) is 6. The molecule has 1 aliphatic rings. The molecule has 0 unspecified atom stereocenters. The maximum atomic E-state index is 13.0. The summed E-state index contributed by atoms with van der Waals surface area (Å²) < 4.78 is 12.4. The molecule has 0 radical (unpaired) electrons. The summed E-state index contributed by atoms with van der Waals surface area (Å²) in [6, 6.07) is 15.0. The van der Waals surface area contributed by atoms with Gasteiger partial charge in [0, 0.05) is 12.1 Å². The van der Waals surface area contributed by atoms with Crippen LogP contribution in [0.25, 0.3) is 11.4 Å². The van der Waals surface area contributed by atoms with Crippen LogP contribution >= 0.6 is 0 Å². The molecular formula is C22H24N4O5. The number of rotatable bonds is 5. The third kappa shape index (κ3) is 4.66. The SMILES string of the molecule is COc1ccc(CN2Cc3nnc(-c4cccc(OC)c4)n3[C@@H](C)C2=O)cc1.O=CO. The minimum absolute atomic E-state index is 0.0484. The Morgan fingerprint density at radius 3 is 2.42 bits per heavy atom. The van der Waals surface area contributed by atoms with E-state index in [0.717, 1.165) is 28.5 Å². The molecule has 9 nitrogen and oxygen atoms in total. The molecule has 0 fully saturated rings. The molecule has 0 saturated carbocycles. The number of amides is 1. The van der Waals surface area contributed by atoms with Gasteiger partial charge in [0.1, 0.15) is 17.5 Å². The van der Waals surface area contributed by atoms with Crippen LogP contribution in [-0.4, -0.2) is 51.4 Å². The normalized spacial score (nSPS) is 14.9. The topological polar surface area (TPSA) is 107 Å². The molecule has 2 aromatic carbocycles. The van der Waals surface area contributed by atoms with E-state index in [9.17, 15) is 4.79 Å². The number of nitrogens with zero attached hydrogens (tertiary/aromatic N) is 4. The molecule has 9 heteroatoms. The van der Waals surface area contributed by atoms with Gasteiger partial charge >= 0.3 is 0 Å². The van der Waals surface area contributed by atoms with Gasteiger partial charge in [0.2, 0.25) is 5.91 Å². The molecule has 0 aliphatic carbocycles. The van der Waals surface area contributed by atoms with Gasteiger partial charge in [-0.1, -0.05) is 24.3 Å². The van der Waals surface area contributed by atoms with Crippen molar-refractivity contribution in [3.63, 3.8) is 0 Å². The predicted molar refractivity (Wildman–Crippen MR) is 113 cm³/mol. The number of methoxy groups -OCH3 is 2. The lowest BCUT2D eigenvalue weighted by atomic mass is 10.1. The lowest BCUT2D eigenvalue weighted by Gasteiger charge is -2.32. The van der Waals surface area contributed by atoms with Crippen LogP contribution in [0.1, 0.15) is 24.4 Å². The fourth-order valence-corrected chi connectivity index (χ4v) is 3.51. The summed E-state index contributed by atoms with van der Waals surface area (Å²) in [6.07, 6.45) is 0. The van der Waals surface area contributed by atoms with Gasteiger partial charge in [-0.3, -0.25) is 14.2 Å². The minimum Gasteiger partial charge on any atom is -0.497 e. The van der Waals surface area contributed by atoms with E-state index >= 15 is 0 Å². The molecule has 2 heterocycles. The van der Waals surface area contributed by atoms with E-state index in [1.165, 1.54) is 0 Å². The summed E-state index contributed by atoms with van der Waals surface area (Å²) in [6.45, 7) is 2.58. The summed E-state index contributed by atoms with van der Waals surface area (Å²) in [4.78, 5) is 23.2. The van der Waals surface area contributed by atoms with Gasteiger partial charge in [0.05, 0.1) is 20.8 Å². The van der Waals surface area contributed by atoms with Crippen LogP contribution < -0.4 is 9.47 Å². The van der Waals surface area contributed by atoms with E-state index in [1.54, 1.807) is 14.2 Å². The molecule has 0 spiro atoms. The fraction of sp³-hybridized carbons (Fsp3) is 0.273. The molecule has 31 heavy (non-hydrogen) atoms. The van der Waals surface area contributed by atoms with E-state index in [4.69, 9.17) is 19.4 Å². The van der Waals surface area contributed by atoms with Gasteiger partial charge in [-0.15, -0.1) is 10.2 Å². The van der Waals surface area contributed by atoms with Gasteiger partial charge < -0.3 is 19.5 Å². The van der Waals surface area contributed by atoms with Crippen molar-refractivity contribution in [2.75, 3.05) is 14.2 Å². The van der Waals surface area contributed by atoms with Crippen LogP contribution in [-0.2, 0) is 22.7 Å². The summed E-state index contributed by atoms with van der Waals surface area (Å²) >= 11 is 0. The van der Waals surface area contributed by atoms with Gasteiger partial charge in [0.25, 0.3) is 6.47 Å². The van der Waals surface area contributed by atoms with Crippen molar-refractivity contribution in [2.24, 2.45) is 0 Å². The summed E-state index contributed by atoms with van der Waals surface area (Å²) in [5.41, 5.74) is 1.92. The maximum absolute atomic E-state index is 13.0. The molecule has 1 aliphatic heterocycles. The van der Waals surface area contributed by atoms with E-state index < -0.39 is 0 Å². The van der Waals surface area contributed by atoms with Crippen molar-refractivity contribution in [3.05, 3.63) is 59.9 Å². The minimum atomic E-state index is -0.377. The summed E-state index contributed by atoms with van der Waals surface area (Å²) in [5, 5.41) is 15.6. The van der Waals surface area contributed by atoms with Crippen molar-refractivity contribution in [3.8, 4) is 22.9 Å². The second-order valence-electron chi connectivity index (χ2n) is 6.87. The Morgan fingerprint density at radius 1 is 1.10 bits per heavy atom. The smallest absolute Gasteiger partial charge is 0.290 e. The Hall–Kier alpha value is -3.88. The monoisotopic (exact) mass is 424 g/mol. The van der Waals surface area contributed by atoms with Crippen molar-refractivity contribution in [2.45, 2.75) is 26.1 Å². The zero-order chi connectivity index (χ0) is 22.4. The molecule has 1 aromatic heterocycles. The zero-order valence-corrected chi connectivity index (χ0v) is 17.6. The van der Waals surface area contributed by atoms with Crippen LogP contribution in [0.3, 0.4) is 0 Å². The third-order valence-corrected chi connectivity index (χ3v) is 5.02. The molecule has 0 bridgehead atoms. The van der Waals surface area contributed by atoms with Crippen LogP contribution in [0.4, 0.5) is 0 Å². The van der Waals surface area contributed by atoms with Crippen LogP contribution in [0.5, 0.6) is 11.5 Å². The molecule has 1 atom stereocenters. The van der Waals surface area contributed by atoms with Crippen molar-refractivity contribution in [1.82, 2.24) is 19.7 Å².